The van der Waals surface area contributed by atoms with Gasteiger partial charge in [-0.2, -0.15) is 0 Å². The van der Waals surface area contributed by atoms with Gasteiger partial charge in [-0.25, -0.2) is 0 Å². The van der Waals surface area contributed by atoms with E-state index in [0.29, 0.717) is 0 Å². The minimum Gasteiger partial charge on any atom is -0.456 e. The lowest BCUT2D eigenvalue weighted by molar-refractivity contribution is -0.320. The summed E-state index contributed by atoms with van der Waals surface area (Å²) in [7, 11) is 0. The van der Waals surface area contributed by atoms with E-state index < -0.39 is 48.1 Å². The predicted molar refractivity (Wildman–Crippen MR) is 88.8 cm³/mol. The monoisotopic (exact) mass is 368 g/mol. The number of rotatable bonds is 3. The molecule has 2 heterocycles. The molecule has 3 rings (SSSR count). The van der Waals surface area contributed by atoms with Gasteiger partial charge in [0.25, 0.3) is 0 Å². The molecule has 0 aliphatic carbocycles. The molecule has 6 atom stereocenters. The van der Waals surface area contributed by atoms with Gasteiger partial charge in [-0.1, -0.05) is 30.3 Å². The van der Waals surface area contributed by atoms with Gasteiger partial charge < -0.3 is 23.7 Å². The molecule has 0 saturated carbocycles. The summed E-state index contributed by atoms with van der Waals surface area (Å²) in [5.41, 5.74) is 0.0783. The fourth-order valence-electron chi connectivity index (χ4n) is 2.99. The molecule has 1 unspecified atom stereocenters. The number of carbonyl (C=O) groups is 2. The molecule has 136 valence electrons. The number of thiol groups is 1. The number of fused-ring (bicyclic) bond motifs is 1. The highest BCUT2D eigenvalue weighted by molar-refractivity contribution is 7.80. The molecular weight excluding hydrogens is 348 g/mol. The summed E-state index contributed by atoms with van der Waals surface area (Å²) >= 11 is 4.32. The van der Waals surface area contributed by atoms with Gasteiger partial charge in [0.15, 0.2) is 18.5 Å². The molecule has 2 fully saturated rings. The lowest BCUT2D eigenvalue weighted by atomic mass is 9.98. The van der Waals surface area contributed by atoms with Crippen LogP contribution in [0.4, 0.5) is 0 Å². The molecule has 0 aromatic heterocycles. The first-order valence-electron chi connectivity index (χ1n) is 7.95. The second-order valence-corrected chi connectivity index (χ2v) is 6.40. The van der Waals surface area contributed by atoms with Crippen LogP contribution in [-0.4, -0.2) is 48.4 Å². The Hall–Kier alpha value is -1.61. The Kier molecular flexibility index (Phi) is 5.63. The molecule has 2 aliphatic heterocycles. The van der Waals surface area contributed by atoms with Crippen molar-refractivity contribution in [3.63, 3.8) is 0 Å². The molecule has 2 saturated heterocycles. The lowest BCUT2D eigenvalue weighted by Crippen LogP contribution is -2.62. The molecule has 0 radical (unpaired) electrons. The molecule has 2 aliphatic rings. The van der Waals surface area contributed by atoms with Crippen LogP contribution < -0.4 is 0 Å². The summed E-state index contributed by atoms with van der Waals surface area (Å²) in [6.45, 7) is 2.80. The normalized spacial score (nSPS) is 34.7. The Morgan fingerprint density at radius 3 is 2.32 bits per heavy atom. The van der Waals surface area contributed by atoms with Gasteiger partial charge in [0.2, 0.25) is 0 Å². The highest BCUT2D eigenvalue weighted by atomic mass is 32.1. The van der Waals surface area contributed by atoms with Crippen molar-refractivity contribution in [1.82, 2.24) is 0 Å². The van der Waals surface area contributed by atoms with Crippen molar-refractivity contribution in [3.05, 3.63) is 35.9 Å². The number of esters is 2. The fourth-order valence-corrected chi connectivity index (χ4v) is 3.37. The maximum Gasteiger partial charge on any atom is 0.303 e. The lowest BCUT2D eigenvalue weighted by Gasteiger charge is -2.47. The molecule has 0 amide bonds. The van der Waals surface area contributed by atoms with Gasteiger partial charge in [-0.3, -0.25) is 9.59 Å². The summed E-state index contributed by atoms with van der Waals surface area (Å²) in [5, 5.41) is 0. The van der Waals surface area contributed by atoms with E-state index in [1.807, 2.05) is 30.3 Å². The number of ether oxygens (including phenoxy) is 5. The van der Waals surface area contributed by atoms with Crippen LogP contribution in [0.25, 0.3) is 0 Å². The van der Waals surface area contributed by atoms with Gasteiger partial charge >= 0.3 is 11.9 Å². The Morgan fingerprint density at radius 1 is 1.04 bits per heavy atom. The average Bonchev–Trinajstić information content (AvgIpc) is 2.58. The maximum absolute atomic E-state index is 11.6. The summed E-state index contributed by atoms with van der Waals surface area (Å²) in [4.78, 5) is 23.0. The SMILES string of the molecule is CC(=O)O[C@@H]1[C@@H](OC(C)=O)[C@H](S)O[C@@H]2COC(c3ccccc3)O[C@H]12. The molecule has 7 nitrogen and oxygen atoms in total. The van der Waals surface area contributed by atoms with Gasteiger partial charge in [-0.05, 0) is 0 Å². The van der Waals surface area contributed by atoms with E-state index in [1.165, 1.54) is 13.8 Å². The fraction of sp³-hybridized carbons (Fsp3) is 0.529. The van der Waals surface area contributed by atoms with Crippen LogP contribution in [0.2, 0.25) is 0 Å². The molecule has 0 N–H and O–H groups in total. The van der Waals surface area contributed by atoms with Gasteiger partial charge in [0.05, 0.1) is 6.61 Å². The van der Waals surface area contributed by atoms with E-state index in [-0.39, 0.29) is 6.61 Å². The maximum atomic E-state index is 11.6. The Bertz CT molecular complexity index is 623. The molecule has 0 spiro atoms. The summed E-state index contributed by atoms with van der Waals surface area (Å²) < 4.78 is 28.1. The van der Waals surface area contributed by atoms with Gasteiger partial charge in [-0.15, -0.1) is 12.6 Å². The number of carbonyl (C=O) groups excluding carboxylic acids is 2. The van der Waals surface area contributed by atoms with Crippen molar-refractivity contribution in [2.75, 3.05) is 6.61 Å². The largest absolute Gasteiger partial charge is 0.456 e. The van der Waals surface area contributed by atoms with E-state index in [1.54, 1.807) is 0 Å². The van der Waals surface area contributed by atoms with Crippen LogP contribution in [0.1, 0.15) is 25.7 Å². The second kappa shape index (κ2) is 7.74. The smallest absolute Gasteiger partial charge is 0.303 e. The molecule has 25 heavy (non-hydrogen) atoms. The minimum absolute atomic E-state index is 0.242. The molecule has 1 aromatic carbocycles. The van der Waals surface area contributed by atoms with Crippen LogP contribution in [0.5, 0.6) is 0 Å². The van der Waals surface area contributed by atoms with E-state index in [0.717, 1.165) is 5.56 Å². The topological polar surface area (TPSA) is 80.3 Å². The highest BCUT2D eigenvalue weighted by Crippen LogP contribution is 2.37. The number of hydrogen-bond acceptors (Lipinski definition) is 8. The highest BCUT2D eigenvalue weighted by Gasteiger charge is 2.52. The first-order chi connectivity index (χ1) is 12.0. The minimum atomic E-state index is -0.875. The Balaban J connectivity index is 1.84. The summed E-state index contributed by atoms with van der Waals surface area (Å²) in [6.07, 6.45) is -3.47. The predicted octanol–water partition coefficient (Wildman–Crippen LogP) is 1.62. The molecule has 8 heteroatoms. The molecule has 0 bridgehead atoms. The quantitative estimate of drug-likeness (QED) is 0.641. The standard InChI is InChI=1S/C17H20O7S/c1-9(18)21-14-13-12(23-17(25)15(14)22-10(2)19)8-20-16(24-13)11-6-4-3-5-7-11/h3-7,12-17,25H,8H2,1-2H3/t12-,13+,14+,15-,16?,17+/m1/s1. The number of hydrogen-bond donors (Lipinski definition) is 1. The van der Waals surface area contributed by atoms with Crippen molar-refractivity contribution < 1.29 is 33.3 Å². The number of benzene rings is 1. The first kappa shape index (κ1) is 18.2. The zero-order valence-electron chi connectivity index (χ0n) is 13.9. The zero-order chi connectivity index (χ0) is 18.0. The van der Waals surface area contributed by atoms with E-state index >= 15 is 0 Å². The zero-order valence-corrected chi connectivity index (χ0v) is 14.8. The Labute approximate surface area is 150 Å². The third-order valence-electron chi connectivity index (χ3n) is 3.98. The van der Waals surface area contributed by atoms with E-state index in [4.69, 9.17) is 23.7 Å². The third-order valence-corrected chi connectivity index (χ3v) is 4.39. The van der Waals surface area contributed by atoms with E-state index in [9.17, 15) is 9.59 Å². The van der Waals surface area contributed by atoms with Crippen LogP contribution in [0.15, 0.2) is 30.3 Å². The third kappa shape index (κ3) is 4.14. The van der Waals surface area contributed by atoms with Crippen molar-refractivity contribution in [3.8, 4) is 0 Å². The summed E-state index contributed by atoms with van der Waals surface area (Å²) in [6, 6.07) is 9.39. The van der Waals surface area contributed by atoms with Crippen molar-refractivity contribution >= 4 is 24.6 Å². The van der Waals surface area contributed by atoms with Crippen molar-refractivity contribution in [1.29, 1.82) is 0 Å². The molecular formula is C17H20O7S. The van der Waals surface area contributed by atoms with Crippen LogP contribution in [-0.2, 0) is 33.3 Å². The van der Waals surface area contributed by atoms with Crippen LogP contribution >= 0.6 is 12.6 Å². The van der Waals surface area contributed by atoms with Crippen molar-refractivity contribution in [2.24, 2.45) is 0 Å². The van der Waals surface area contributed by atoms with Crippen LogP contribution in [0, 0.1) is 0 Å². The van der Waals surface area contributed by atoms with Crippen LogP contribution in [0.3, 0.4) is 0 Å². The second-order valence-electron chi connectivity index (χ2n) is 5.89. The molecule has 1 aromatic rings. The van der Waals surface area contributed by atoms with Crippen molar-refractivity contribution in [2.45, 2.75) is 50.0 Å². The Morgan fingerprint density at radius 2 is 1.68 bits per heavy atom. The van der Waals surface area contributed by atoms with E-state index in [2.05, 4.69) is 12.6 Å². The van der Waals surface area contributed by atoms with Gasteiger partial charge in [0.1, 0.15) is 17.6 Å². The first-order valence-corrected chi connectivity index (χ1v) is 8.47. The average molecular weight is 368 g/mol. The summed E-state index contributed by atoms with van der Waals surface area (Å²) in [5.74, 6) is -1.02. The van der Waals surface area contributed by atoms with Gasteiger partial charge in [0, 0.05) is 19.4 Å².